The van der Waals surface area contributed by atoms with Crippen molar-refractivity contribution in [3.8, 4) is 0 Å². The molecule has 1 rings (SSSR count). The van der Waals surface area contributed by atoms with Gasteiger partial charge in [-0.1, -0.05) is 35.9 Å². The molecule has 1 aromatic carbocycles. The van der Waals surface area contributed by atoms with Gasteiger partial charge in [0.25, 0.3) is 0 Å². The summed E-state index contributed by atoms with van der Waals surface area (Å²) in [5.74, 6) is 0. The van der Waals surface area contributed by atoms with E-state index in [-0.39, 0.29) is 6.61 Å². The first-order valence-electron chi connectivity index (χ1n) is 3.44. The van der Waals surface area contributed by atoms with Crippen LogP contribution in [0, 0.1) is 4.91 Å². The lowest BCUT2D eigenvalue weighted by molar-refractivity contribution is 0.282. The highest BCUT2D eigenvalue weighted by Crippen LogP contribution is 2.21. The Hall–Kier alpha value is -0.930. The maximum absolute atomic E-state index is 10.0. The summed E-state index contributed by atoms with van der Waals surface area (Å²) >= 11 is 5.54. The number of aliphatic hydroxyl groups excluding tert-OH is 1. The molecule has 1 unspecified atom stereocenters. The molecule has 0 spiro atoms. The minimum absolute atomic E-state index is 0.0122. The van der Waals surface area contributed by atoms with Crippen LogP contribution in [0.25, 0.3) is 0 Å². The number of rotatable bonds is 3. The minimum Gasteiger partial charge on any atom is -0.392 e. The van der Waals surface area contributed by atoms with Crippen molar-refractivity contribution in [1.29, 1.82) is 0 Å². The maximum atomic E-state index is 10.0. The quantitative estimate of drug-likeness (QED) is 0.446. The van der Waals surface area contributed by atoms with Gasteiger partial charge in [-0.05, 0) is 16.3 Å². The van der Waals surface area contributed by atoms with Gasteiger partial charge >= 0.3 is 0 Å². The smallest absolute Gasteiger partial charge is 0.190 e. The lowest BCUT2D eigenvalue weighted by atomic mass is 10.1. The molecular formula is C8H8ClNO2. The standard InChI is InChI=1S/C8H8ClNO2/c9-8(10-12)7-3-1-6(5-11)2-4-7/h1-4,8,11H,5H2. The van der Waals surface area contributed by atoms with Crippen LogP contribution in [-0.2, 0) is 6.61 Å². The van der Waals surface area contributed by atoms with Crippen molar-refractivity contribution in [1.82, 2.24) is 0 Å². The molecule has 1 N–H and O–H groups in total. The van der Waals surface area contributed by atoms with Crippen LogP contribution in [0.5, 0.6) is 0 Å². The van der Waals surface area contributed by atoms with E-state index in [1.54, 1.807) is 24.3 Å². The summed E-state index contributed by atoms with van der Waals surface area (Å²) in [6.45, 7) is -0.0122. The monoisotopic (exact) mass is 185 g/mol. The molecule has 0 aliphatic carbocycles. The summed E-state index contributed by atoms with van der Waals surface area (Å²) in [5, 5.41) is 11.4. The molecule has 4 heteroatoms. The fourth-order valence-electron chi connectivity index (χ4n) is 0.843. The zero-order valence-electron chi connectivity index (χ0n) is 6.27. The third kappa shape index (κ3) is 2.03. The lowest BCUT2D eigenvalue weighted by Crippen LogP contribution is -1.87. The first-order valence-corrected chi connectivity index (χ1v) is 3.88. The molecule has 12 heavy (non-hydrogen) atoms. The molecule has 64 valence electrons. The number of aliphatic hydroxyl groups is 1. The van der Waals surface area contributed by atoms with Gasteiger partial charge in [-0.15, -0.1) is 4.91 Å². The molecule has 1 aromatic rings. The van der Waals surface area contributed by atoms with E-state index < -0.39 is 5.50 Å². The zero-order chi connectivity index (χ0) is 8.97. The summed E-state index contributed by atoms with van der Waals surface area (Å²) in [7, 11) is 0. The predicted octanol–water partition coefficient (Wildman–Crippen LogP) is 2.18. The Kier molecular flexibility index (Phi) is 3.19. The van der Waals surface area contributed by atoms with Crippen LogP contribution in [0.3, 0.4) is 0 Å². The van der Waals surface area contributed by atoms with Gasteiger partial charge in [0.05, 0.1) is 6.61 Å². The second kappa shape index (κ2) is 4.18. The van der Waals surface area contributed by atoms with E-state index in [4.69, 9.17) is 16.7 Å². The van der Waals surface area contributed by atoms with Gasteiger partial charge in [0, 0.05) is 0 Å². The molecule has 0 aliphatic rings. The number of benzene rings is 1. The first-order chi connectivity index (χ1) is 5.77. The van der Waals surface area contributed by atoms with Crippen LogP contribution in [0.1, 0.15) is 16.6 Å². The van der Waals surface area contributed by atoms with Crippen LogP contribution >= 0.6 is 11.6 Å². The van der Waals surface area contributed by atoms with Crippen LogP contribution in [-0.4, -0.2) is 5.11 Å². The molecule has 0 aliphatic heterocycles. The Labute approximate surface area is 75.0 Å². The van der Waals surface area contributed by atoms with Gasteiger partial charge in [-0.2, -0.15) is 0 Å². The number of hydrogen-bond donors (Lipinski definition) is 1. The van der Waals surface area contributed by atoms with Crippen molar-refractivity contribution < 1.29 is 5.11 Å². The van der Waals surface area contributed by atoms with Crippen molar-refractivity contribution >= 4 is 11.6 Å². The third-order valence-electron chi connectivity index (χ3n) is 1.53. The van der Waals surface area contributed by atoms with Crippen LogP contribution in [0.4, 0.5) is 0 Å². The largest absolute Gasteiger partial charge is 0.392 e. The van der Waals surface area contributed by atoms with Gasteiger partial charge in [-0.3, -0.25) is 0 Å². The highest BCUT2D eigenvalue weighted by molar-refractivity contribution is 6.20. The lowest BCUT2D eigenvalue weighted by Gasteiger charge is -2.01. The Bertz CT molecular complexity index is 260. The molecule has 0 fully saturated rings. The maximum Gasteiger partial charge on any atom is 0.190 e. The van der Waals surface area contributed by atoms with Crippen molar-refractivity contribution in [2.75, 3.05) is 0 Å². The van der Waals surface area contributed by atoms with Crippen LogP contribution < -0.4 is 0 Å². The Balaban J connectivity index is 2.84. The topological polar surface area (TPSA) is 49.7 Å². The summed E-state index contributed by atoms with van der Waals surface area (Å²) in [6, 6.07) is 6.75. The Morgan fingerprint density at radius 2 is 2.00 bits per heavy atom. The van der Waals surface area contributed by atoms with Gasteiger partial charge < -0.3 is 5.11 Å². The summed E-state index contributed by atoms with van der Waals surface area (Å²) in [5.41, 5.74) is 0.593. The number of nitroso groups, excluding NO2 is 1. The highest BCUT2D eigenvalue weighted by atomic mass is 35.5. The number of nitrogens with zero attached hydrogens (tertiary/aromatic N) is 1. The average Bonchev–Trinajstić information content (AvgIpc) is 2.17. The Morgan fingerprint density at radius 1 is 1.42 bits per heavy atom. The molecule has 1 atom stereocenters. The molecule has 0 saturated carbocycles. The third-order valence-corrected chi connectivity index (χ3v) is 1.86. The zero-order valence-corrected chi connectivity index (χ0v) is 7.03. The number of hydrogen-bond acceptors (Lipinski definition) is 3. The molecule has 3 nitrogen and oxygen atoms in total. The SMILES string of the molecule is O=NC(Cl)c1ccc(CO)cc1. The summed E-state index contributed by atoms with van der Waals surface area (Å²) in [6.07, 6.45) is 0. The van der Waals surface area contributed by atoms with E-state index in [1.165, 1.54) is 0 Å². The second-order valence-electron chi connectivity index (χ2n) is 2.34. The van der Waals surface area contributed by atoms with Gasteiger partial charge in [0.15, 0.2) is 5.50 Å². The van der Waals surface area contributed by atoms with E-state index in [9.17, 15) is 4.91 Å². The van der Waals surface area contributed by atoms with Crippen molar-refractivity contribution in [2.45, 2.75) is 12.1 Å². The minimum atomic E-state index is -0.835. The van der Waals surface area contributed by atoms with Gasteiger partial charge in [0.1, 0.15) is 0 Å². The number of alkyl halides is 1. The molecule has 0 bridgehead atoms. The first kappa shape index (κ1) is 9.16. The molecular weight excluding hydrogens is 178 g/mol. The fraction of sp³-hybridized carbons (Fsp3) is 0.250. The Morgan fingerprint density at radius 3 is 2.42 bits per heavy atom. The molecule has 0 saturated heterocycles. The van der Waals surface area contributed by atoms with Crippen molar-refractivity contribution in [3.63, 3.8) is 0 Å². The average molecular weight is 186 g/mol. The van der Waals surface area contributed by atoms with Crippen molar-refractivity contribution in [3.05, 3.63) is 40.3 Å². The second-order valence-corrected chi connectivity index (χ2v) is 2.75. The fourth-order valence-corrected chi connectivity index (χ4v) is 0.988. The van der Waals surface area contributed by atoms with Crippen LogP contribution in [0.15, 0.2) is 29.4 Å². The molecule has 0 heterocycles. The van der Waals surface area contributed by atoms with E-state index >= 15 is 0 Å². The van der Waals surface area contributed by atoms with Crippen molar-refractivity contribution in [2.24, 2.45) is 5.18 Å². The van der Waals surface area contributed by atoms with Gasteiger partial charge in [0.2, 0.25) is 0 Å². The summed E-state index contributed by atoms with van der Waals surface area (Å²) in [4.78, 5) is 10.0. The summed E-state index contributed by atoms with van der Waals surface area (Å²) < 4.78 is 0. The predicted molar refractivity (Wildman–Crippen MR) is 46.8 cm³/mol. The van der Waals surface area contributed by atoms with E-state index in [0.717, 1.165) is 5.56 Å². The van der Waals surface area contributed by atoms with E-state index in [2.05, 4.69) is 5.18 Å². The normalized spacial score (nSPS) is 12.5. The molecule has 0 radical (unpaired) electrons. The van der Waals surface area contributed by atoms with Gasteiger partial charge in [-0.25, -0.2) is 0 Å². The van der Waals surface area contributed by atoms with E-state index in [0.29, 0.717) is 5.56 Å². The highest BCUT2D eigenvalue weighted by Gasteiger charge is 2.05. The number of halogens is 1. The molecule has 0 aromatic heterocycles. The van der Waals surface area contributed by atoms with E-state index in [1.807, 2.05) is 0 Å². The molecule has 0 amide bonds. The van der Waals surface area contributed by atoms with Crippen LogP contribution in [0.2, 0.25) is 0 Å².